The van der Waals surface area contributed by atoms with Crippen molar-refractivity contribution in [2.45, 2.75) is 68.0 Å². The van der Waals surface area contributed by atoms with Gasteiger partial charge in [0.05, 0.1) is 10.3 Å². The first-order valence-corrected chi connectivity index (χ1v) is 14.0. The predicted octanol–water partition coefficient (Wildman–Crippen LogP) is 5.61. The van der Waals surface area contributed by atoms with Gasteiger partial charge >= 0.3 is 12.1 Å². The summed E-state index contributed by atoms with van der Waals surface area (Å²) < 4.78 is 60.3. The zero-order chi connectivity index (χ0) is 27.4. The number of benzene rings is 2. The predicted molar refractivity (Wildman–Crippen MR) is 136 cm³/mol. The van der Waals surface area contributed by atoms with Crippen LogP contribution in [0, 0.1) is 5.92 Å². The molecule has 0 aromatic heterocycles. The molecule has 0 heterocycles. The van der Waals surface area contributed by atoms with E-state index < -0.39 is 27.6 Å². The molecule has 0 unspecified atom stereocenters. The van der Waals surface area contributed by atoms with Crippen molar-refractivity contribution in [2.24, 2.45) is 5.92 Å². The lowest BCUT2D eigenvalue weighted by Gasteiger charge is -2.28. The number of hydrogen-bond acceptors (Lipinski definition) is 4. The second-order valence-electron chi connectivity index (χ2n) is 9.45. The third-order valence-electron chi connectivity index (χ3n) is 6.59. The maximum Gasteiger partial charge on any atom is 0.490 e. The molecule has 2 fully saturated rings. The Hall–Kier alpha value is -2.60. The van der Waals surface area contributed by atoms with Crippen molar-refractivity contribution in [2.75, 3.05) is 4.72 Å². The minimum Gasteiger partial charge on any atom is -0.475 e. The van der Waals surface area contributed by atoms with Crippen LogP contribution >= 0.6 is 15.9 Å². The number of anilines is 1. The molecule has 7 nitrogen and oxygen atoms in total. The van der Waals surface area contributed by atoms with E-state index in [4.69, 9.17) is 9.90 Å². The van der Waals surface area contributed by atoms with E-state index in [1.54, 1.807) is 36.4 Å². The van der Waals surface area contributed by atoms with E-state index in [0.29, 0.717) is 5.69 Å². The summed E-state index contributed by atoms with van der Waals surface area (Å²) in [5.41, 5.74) is 0.988. The fraction of sp³-hybridized carbons (Fsp3) is 0.440. The van der Waals surface area contributed by atoms with E-state index in [-0.39, 0.29) is 16.8 Å². The molecule has 0 atom stereocenters. The van der Waals surface area contributed by atoms with Crippen molar-refractivity contribution in [3.05, 3.63) is 58.6 Å². The van der Waals surface area contributed by atoms with Crippen molar-refractivity contribution in [1.82, 2.24) is 5.32 Å². The quantitative estimate of drug-likeness (QED) is 0.397. The molecule has 3 N–H and O–H groups in total. The number of carboxylic acids is 1. The molecular weight excluding hydrogens is 577 g/mol. The summed E-state index contributed by atoms with van der Waals surface area (Å²) in [5.74, 6) is -1.89. The van der Waals surface area contributed by atoms with E-state index in [1.807, 2.05) is 12.1 Å². The number of nitrogens with one attached hydrogen (secondary N) is 2. The SMILES string of the molecule is CC1CCC(NC(=O)C2(c3ccc(NS(=O)(=O)c4ccc(Br)cc4)cc3)CC2)CC1.O=C(O)C(F)(F)F. The van der Waals surface area contributed by atoms with Gasteiger partial charge in [0.15, 0.2) is 0 Å². The highest BCUT2D eigenvalue weighted by atomic mass is 79.9. The molecule has 202 valence electrons. The third kappa shape index (κ3) is 7.70. The maximum absolute atomic E-state index is 13.0. The van der Waals surface area contributed by atoms with Gasteiger partial charge < -0.3 is 10.4 Å². The van der Waals surface area contributed by atoms with Gasteiger partial charge in [-0.3, -0.25) is 9.52 Å². The van der Waals surface area contributed by atoms with Gasteiger partial charge in [0, 0.05) is 16.2 Å². The van der Waals surface area contributed by atoms with Gasteiger partial charge in [0.1, 0.15) is 0 Å². The fourth-order valence-electron chi connectivity index (χ4n) is 4.18. The van der Waals surface area contributed by atoms with Crippen LogP contribution in [0.25, 0.3) is 0 Å². The van der Waals surface area contributed by atoms with Gasteiger partial charge in [0.25, 0.3) is 10.0 Å². The van der Waals surface area contributed by atoms with Crippen LogP contribution in [0.15, 0.2) is 57.9 Å². The molecule has 37 heavy (non-hydrogen) atoms. The molecule has 1 amide bonds. The summed E-state index contributed by atoms with van der Waals surface area (Å²) in [6.45, 7) is 2.27. The average molecular weight is 605 g/mol. The van der Waals surface area contributed by atoms with Crippen LogP contribution in [0.2, 0.25) is 0 Å². The number of carbonyl (C=O) groups is 2. The summed E-state index contributed by atoms with van der Waals surface area (Å²) in [5, 5.41) is 10.4. The summed E-state index contributed by atoms with van der Waals surface area (Å²) in [4.78, 5) is 22.1. The van der Waals surface area contributed by atoms with Crippen molar-refractivity contribution >= 4 is 43.5 Å². The Morgan fingerprint density at radius 3 is 1.95 bits per heavy atom. The van der Waals surface area contributed by atoms with Crippen LogP contribution in [0.5, 0.6) is 0 Å². The Balaban J connectivity index is 0.000000479. The second kappa shape index (κ2) is 11.4. The Kier molecular flexibility index (Phi) is 8.94. The molecule has 0 radical (unpaired) electrons. The first-order chi connectivity index (χ1) is 17.2. The smallest absolute Gasteiger partial charge is 0.475 e. The minimum atomic E-state index is -5.08. The molecule has 2 aliphatic rings. The lowest BCUT2D eigenvalue weighted by molar-refractivity contribution is -0.192. The van der Waals surface area contributed by atoms with Gasteiger partial charge in [-0.25, -0.2) is 13.2 Å². The molecule has 0 bridgehead atoms. The van der Waals surface area contributed by atoms with Crippen LogP contribution in [0.4, 0.5) is 18.9 Å². The summed E-state index contributed by atoms with van der Waals surface area (Å²) in [6.07, 6.45) is 1.05. The van der Waals surface area contributed by atoms with Gasteiger partial charge in [0.2, 0.25) is 5.91 Å². The number of sulfonamides is 1. The fourth-order valence-corrected chi connectivity index (χ4v) is 5.51. The molecule has 0 saturated heterocycles. The Morgan fingerprint density at radius 2 is 1.49 bits per heavy atom. The molecule has 2 aliphatic carbocycles. The largest absolute Gasteiger partial charge is 0.490 e. The number of carboxylic acid groups (broad SMARTS) is 1. The third-order valence-corrected chi connectivity index (χ3v) is 8.52. The van der Waals surface area contributed by atoms with E-state index in [1.165, 1.54) is 12.8 Å². The number of aliphatic carboxylic acids is 1. The van der Waals surface area contributed by atoms with Crippen molar-refractivity contribution in [3.8, 4) is 0 Å². The zero-order valence-corrected chi connectivity index (χ0v) is 22.4. The number of alkyl halides is 3. The molecule has 2 aromatic rings. The van der Waals surface area contributed by atoms with Crippen molar-refractivity contribution in [1.29, 1.82) is 0 Å². The van der Waals surface area contributed by atoms with Crippen molar-refractivity contribution in [3.63, 3.8) is 0 Å². The first kappa shape index (κ1) is 29.0. The Labute approximate surface area is 222 Å². The molecule has 4 rings (SSSR count). The minimum absolute atomic E-state index is 0.116. The van der Waals surface area contributed by atoms with Gasteiger partial charge in [-0.2, -0.15) is 13.2 Å². The van der Waals surface area contributed by atoms with Crippen LogP contribution in [0.1, 0.15) is 51.0 Å². The monoisotopic (exact) mass is 604 g/mol. The highest BCUT2D eigenvalue weighted by Crippen LogP contribution is 2.49. The molecular formula is C25H28BrF3N2O5S. The topological polar surface area (TPSA) is 113 Å². The molecule has 0 aliphatic heterocycles. The van der Waals surface area contributed by atoms with Crippen LogP contribution in [-0.2, 0) is 25.0 Å². The molecule has 0 spiro atoms. The van der Waals surface area contributed by atoms with E-state index in [2.05, 4.69) is 32.9 Å². The number of amides is 1. The maximum atomic E-state index is 13.0. The van der Waals surface area contributed by atoms with Crippen molar-refractivity contribution < 1.29 is 36.3 Å². The van der Waals surface area contributed by atoms with Gasteiger partial charge in [-0.15, -0.1) is 0 Å². The van der Waals surface area contributed by atoms with Crippen LogP contribution < -0.4 is 10.0 Å². The number of hydrogen-bond donors (Lipinski definition) is 3. The molecule has 2 aromatic carbocycles. The first-order valence-electron chi connectivity index (χ1n) is 11.7. The highest BCUT2D eigenvalue weighted by molar-refractivity contribution is 9.10. The number of carbonyl (C=O) groups excluding carboxylic acids is 1. The van der Waals surface area contributed by atoms with Gasteiger partial charge in [-0.05, 0) is 86.4 Å². The summed E-state index contributed by atoms with van der Waals surface area (Å²) >= 11 is 3.31. The zero-order valence-electron chi connectivity index (χ0n) is 20.0. The van der Waals surface area contributed by atoms with Crippen LogP contribution in [0.3, 0.4) is 0 Å². The summed E-state index contributed by atoms with van der Waals surface area (Å²) in [6, 6.07) is 14.0. The normalized spacial score (nSPS) is 20.7. The van der Waals surface area contributed by atoms with E-state index in [0.717, 1.165) is 41.6 Å². The molecule has 2 saturated carbocycles. The highest BCUT2D eigenvalue weighted by Gasteiger charge is 2.51. The number of rotatable bonds is 6. The lowest BCUT2D eigenvalue weighted by atomic mass is 9.86. The van der Waals surface area contributed by atoms with Gasteiger partial charge in [-0.1, -0.05) is 35.0 Å². The van der Waals surface area contributed by atoms with E-state index >= 15 is 0 Å². The average Bonchev–Trinajstić information content (AvgIpc) is 3.63. The summed E-state index contributed by atoms with van der Waals surface area (Å²) in [7, 11) is -3.65. The molecule has 12 heteroatoms. The van der Waals surface area contributed by atoms with E-state index in [9.17, 15) is 26.4 Å². The standard InChI is InChI=1S/C23H27BrN2O3S.C2HF3O2/c1-16-2-8-19(9-3-16)25-22(27)23(14-15-23)17-4-10-20(11-5-17)26-30(28,29)21-12-6-18(24)7-13-21;3-2(4,5)1(6)7/h4-7,10-13,16,19,26H,2-3,8-9,14-15H2,1H3,(H,25,27);(H,6,7). The Morgan fingerprint density at radius 1 is 0.973 bits per heavy atom. The van der Waals surface area contributed by atoms with Crippen LogP contribution in [-0.4, -0.2) is 37.6 Å². The lowest BCUT2D eigenvalue weighted by Crippen LogP contribution is -2.43. The second-order valence-corrected chi connectivity index (χ2v) is 12.1. The number of halogens is 4. The Bertz CT molecular complexity index is 1210.